The van der Waals surface area contributed by atoms with Gasteiger partial charge in [-0.3, -0.25) is 4.79 Å². The van der Waals surface area contributed by atoms with Crippen molar-refractivity contribution in [2.75, 3.05) is 13.7 Å². The van der Waals surface area contributed by atoms with E-state index in [1.165, 1.54) is 17.4 Å². The molecule has 2 heterocycles. The Morgan fingerprint density at radius 1 is 1.36 bits per heavy atom. The van der Waals surface area contributed by atoms with Gasteiger partial charge in [0.2, 0.25) is 0 Å². The van der Waals surface area contributed by atoms with Crippen molar-refractivity contribution in [1.82, 2.24) is 25.1 Å². The average molecular weight is 343 g/mol. The van der Waals surface area contributed by atoms with Crippen molar-refractivity contribution in [1.29, 1.82) is 0 Å². The molecule has 0 spiro atoms. The van der Waals surface area contributed by atoms with Gasteiger partial charge in [0.15, 0.2) is 0 Å². The molecule has 1 aromatic carbocycles. The molecular formula is C18H25N5O2. The number of ether oxygens (including phenoxy) is 1. The zero-order valence-corrected chi connectivity index (χ0v) is 15.1. The second-order valence-electron chi connectivity index (χ2n) is 6.92. The highest BCUT2D eigenvalue weighted by Gasteiger charge is 2.28. The largest absolute Gasteiger partial charge is 0.494 e. The minimum atomic E-state index is 0.0716. The molecule has 7 nitrogen and oxygen atoms in total. The number of hydrogen-bond donors (Lipinski definition) is 0. The van der Waals surface area contributed by atoms with Crippen LogP contribution in [0.5, 0.6) is 5.75 Å². The second kappa shape index (κ2) is 7.63. The standard InChI is InChI=1S/C18H25N5O2/c1-13(2)10-15-6-4-5-9-22(15)18(24)14-7-8-17(25-3)16(11-14)23-12-19-20-21-23/h7-8,11-13,15H,4-6,9-10H2,1-3H3. The molecule has 2 aromatic rings. The minimum absolute atomic E-state index is 0.0716. The molecule has 3 rings (SSSR count). The lowest BCUT2D eigenvalue weighted by Gasteiger charge is -2.37. The molecule has 25 heavy (non-hydrogen) atoms. The molecule has 0 radical (unpaired) electrons. The van der Waals surface area contributed by atoms with E-state index in [1.54, 1.807) is 19.2 Å². The van der Waals surface area contributed by atoms with Gasteiger partial charge in [0.1, 0.15) is 17.8 Å². The zero-order valence-electron chi connectivity index (χ0n) is 15.1. The van der Waals surface area contributed by atoms with E-state index in [0.29, 0.717) is 29.0 Å². The Labute approximate surface area is 148 Å². The van der Waals surface area contributed by atoms with Crippen LogP contribution in [-0.2, 0) is 0 Å². The second-order valence-corrected chi connectivity index (χ2v) is 6.92. The summed E-state index contributed by atoms with van der Waals surface area (Å²) in [6.45, 7) is 5.24. The maximum Gasteiger partial charge on any atom is 0.254 e. The van der Waals surface area contributed by atoms with E-state index < -0.39 is 0 Å². The highest BCUT2D eigenvalue weighted by molar-refractivity contribution is 5.95. The molecule has 134 valence electrons. The predicted octanol–water partition coefficient (Wildman–Crippen LogP) is 2.71. The normalized spacial score (nSPS) is 17.8. The predicted molar refractivity (Wildman–Crippen MR) is 93.8 cm³/mol. The maximum atomic E-state index is 13.1. The van der Waals surface area contributed by atoms with Gasteiger partial charge in [-0.15, -0.1) is 5.10 Å². The van der Waals surface area contributed by atoms with Crippen molar-refractivity contribution < 1.29 is 9.53 Å². The van der Waals surface area contributed by atoms with E-state index in [2.05, 4.69) is 29.4 Å². The number of rotatable bonds is 5. The molecule has 0 bridgehead atoms. The monoisotopic (exact) mass is 343 g/mol. The van der Waals surface area contributed by atoms with Crippen molar-refractivity contribution >= 4 is 5.91 Å². The lowest BCUT2D eigenvalue weighted by Crippen LogP contribution is -2.44. The SMILES string of the molecule is COc1ccc(C(=O)N2CCCCC2CC(C)C)cc1-n1cnnn1. The van der Waals surface area contributed by atoms with Crippen LogP contribution >= 0.6 is 0 Å². The third-order valence-corrected chi connectivity index (χ3v) is 4.65. The van der Waals surface area contributed by atoms with Gasteiger partial charge >= 0.3 is 0 Å². The molecule has 1 aliphatic rings. The van der Waals surface area contributed by atoms with E-state index in [4.69, 9.17) is 4.74 Å². The molecule has 0 N–H and O–H groups in total. The van der Waals surface area contributed by atoms with Crippen LogP contribution in [-0.4, -0.2) is 50.7 Å². The Morgan fingerprint density at radius 3 is 2.88 bits per heavy atom. The molecule has 0 saturated carbocycles. The van der Waals surface area contributed by atoms with Gasteiger partial charge in [-0.1, -0.05) is 13.8 Å². The van der Waals surface area contributed by atoms with Crippen molar-refractivity contribution in [3.05, 3.63) is 30.1 Å². The summed E-state index contributed by atoms with van der Waals surface area (Å²) in [5, 5.41) is 11.2. The smallest absolute Gasteiger partial charge is 0.254 e. The fraction of sp³-hybridized carbons (Fsp3) is 0.556. The number of tetrazole rings is 1. The molecule has 1 atom stereocenters. The molecule has 1 aliphatic heterocycles. The minimum Gasteiger partial charge on any atom is -0.494 e. The van der Waals surface area contributed by atoms with Gasteiger partial charge in [0.05, 0.1) is 7.11 Å². The molecule has 1 amide bonds. The Hall–Kier alpha value is -2.44. The Kier molecular flexibility index (Phi) is 5.31. The number of amides is 1. The Balaban J connectivity index is 1.90. The van der Waals surface area contributed by atoms with Crippen LogP contribution in [0.1, 0.15) is 49.9 Å². The fourth-order valence-corrected chi connectivity index (χ4v) is 3.50. The number of likely N-dealkylation sites (tertiary alicyclic amines) is 1. The van der Waals surface area contributed by atoms with E-state index in [9.17, 15) is 4.79 Å². The van der Waals surface area contributed by atoms with Gasteiger partial charge in [-0.2, -0.15) is 4.68 Å². The molecule has 7 heteroatoms. The summed E-state index contributed by atoms with van der Waals surface area (Å²) in [5.74, 6) is 1.27. The van der Waals surface area contributed by atoms with Crippen molar-refractivity contribution in [3.8, 4) is 11.4 Å². The van der Waals surface area contributed by atoms with Crippen LogP contribution in [0.25, 0.3) is 5.69 Å². The molecular weight excluding hydrogens is 318 g/mol. The quantitative estimate of drug-likeness (QED) is 0.834. The first-order valence-corrected chi connectivity index (χ1v) is 8.82. The third kappa shape index (κ3) is 3.81. The Bertz CT molecular complexity index is 714. The first kappa shape index (κ1) is 17.4. The number of nitrogens with zero attached hydrogens (tertiary/aromatic N) is 5. The van der Waals surface area contributed by atoms with Crippen molar-refractivity contribution in [3.63, 3.8) is 0 Å². The number of benzene rings is 1. The Morgan fingerprint density at radius 2 is 2.20 bits per heavy atom. The summed E-state index contributed by atoms with van der Waals surface area (Å²) < 4.78 is 6.89. The molecule has 1 saturated heterocycles. The van der Waals surface area contributed by atoms with Crippen LogP contribution < -0.4 is 4.74 Å². The average Bonchev–Trinajstić information content (AvgIpc) is 3.15. The molecule has 1 aromatic heterocycles. The van der Waals surface area contributed by atoms with Crippen molar-refractivity contribution in [2.24, 2.45) is 5.92 Å². The number of methoxy groups -OCH3 is 1. The number of piperidine rings is 1. The van der Waals surface area contributed by atoms with E-state index in [0.717, 1.165) is 25.8 Å². The van der Waals surface area contributed by atoms with Crippen molar-refractivity contribution in [2.45, 2.75) is 45.6 Å². The van der Waals surface area contributed by atoms with E-state index in [1.807, 2.05) is 11.0 Å². The zero-order chi connectivity index (χ0) is 17.8. The van der Waals surface area contributed by atoms with E-state index >= 15 is 0 Å². The molecule has 1 unspecified atom stereocenters. The highest BCUT2D eigenvalue weighted by atomic mass is 16.5. The van der Waals surface area contributed by atoms with E-state index in [-0.39, 0.29) is 5.91 Å². The number of carbonyl (C=O) groups is 1. The van der Waals surface area contributed by atoms with Crippen LogP contribution in [0.2, 0.25) is 0 Å². The maximum absolute atomic E-state index is 13.1. The van der Waals surface area contributed by atoms with Gasteiger partial charge in [0, 0.05) is 18.2 Å². The summed E-state index contributed by atoms with van der Waals surface area (Å²) in [4.78, 5) is 15.2. The fourth-order valence-electron chi connectivity index (χ4n) is 3.50. The summed E-state index contributed by atoms with van der Waals surface area (Å²) >= 11 is 0. The van der Waals surface area contributed by atoms with Gasteiger partial charge < -0.3 is 9.64 Å². The van der Waals surface area contributed by atoms with Gasteiger partial charge in [-0.05, 0) is 60.2 Å². The molecule has 0 aliphatic carbocycles. The number of hydrogen-bond acceptors (Lipinski definition) is 5. The van der Waals surface area contributed by atoms with Crippen LogP contribution in [0.15, 0.2) is 24.5 Å². The van der Waals surface area contributed by atoms with Gasteiger partial charge in [-0.25, -0.2) is 0 Å². The number of carbonyl (C=O) groups excluding carboxylic acids is 1. The molecule has 1 fully saturated rings. The summed E-state index contributed by atoms with van der Waals surface area (Å²) in [6.07, 6.45) is 5.88. The number of aromatic nitrogens is 4. The summed E-state index contributed by atoms with van der Waals surface area (Å²) in [6, 6.07) is 5.74. The summed E-state index contributed by atoms with van der Waals surface area (Å²) in [5.41, 5.74) is 1.30. The first-order chi connectivity index (χ1) is 12.1. The summed E-state index contributed by atoms with van der Waals surface area (Å²) in [7, 11) is 1.59. The van der Waals surface area contributed by atoms with Gasteiger partial charge in [0.25, 0.3) is 5.91 Å². The first-order valence-electron chi connectivity index (χ1n) is 8.82. The topological polar surface area (TPSA) is 73.1 Å². The highest BCUT2D eigenvalue weighted by Crippen LogP contribution is 2.27. The van der Waals surface area contributed by atoms with Crippen LogP contribution in [0.4, 0.5) is 0 Å². The van der Waals surface area contributed by atoms with Crippen LogP contribution in [0.3, 0.4) is 0 Å². The lowest BCUT2D eigenvalue weighted by molar-refractivity contribution is 0.0584. The van der Waals surface area contributed by atoms with Crippen LogP contribution in [0, 0.1) is 5.92 Å². The third-order valence-electron chi connectivity index (χ3n) is 4.65. The lowest BCUT2D eigenvalue weighted by atomic mass is 9.93.